The first-order valence-electron chi connectivity index (χ1n) is 10.2. The summed E-state index contributed by atoms with van der Waals surface area (Å²) in [5.74, 6) is 0.123. The lowest BCUT2D eigenvalue weighted by molar-refractivity contribution is -0.119. The standard InChI is InChI=1S/C25H23N3O2S2/c1-16-8-10-19(11-9-16)24(30)27-20-12-13-21-22(14-20)32-25(28-21)31-15-23(29)26-17(2)18-6-4-3-5-7-18/h3-14,17H,15H2,1-2H3,(H,26,29)(H,27,30)/t17-/m0/s1. The van der Waals surface area contributed by atoms with Crippen LogP contribution in [0.3, 0.4) is 0 Å². The van der Waals surface area contributed by atoms with Crippen molar-refractivity contribution in [3.8, 4) is 0 Å². The zero-order chi connectivity index (χ0) is 22.5. The van der Waals surface area contributed by atoms with E-state index in [1.165, 1.54) is 23.1 Å². The number of aromatic nitrogens is 1. The zero-order valence-electron chi connectivity index (χ0n) is 17.8. The summed E-state index contributed by atoms with van der Waals surface area (Å²) in [6, 6.07) is 23.0. The third kappa shape index (κ3) is 5.55. The molecule has 0 bridgehead atoms. The number of hydrogen-bond donors (Lipinski definition) is 2. The molecule has 0 radical (unpaired) electrons. The summed E-state index contributed by atoms with van der Waals surface area (Å²) < 4.78 is 1.79. The summed E-state index contributed by atoms with van der Waals surface area (Å²) in [7, 11) is 0. The van der Waals surface area contributed by atoms with Crippen molar-refractivity contribution >= 4 is 50.8 Å². The van der Waals surface area contributed by atoms with Gasteiger partial charge in [0.05, 0.1) is 22.0 Å². The number of carbonyl (C=O) groups excluding carboxylic acids is 2. The van der Waals surface area contributed by atoms with Gasteiger partial charge in [0.15, 0.2) is 4.34 Å². The second-order valence-electron chi connectivity index (χ2n) is 7.47. The Morgan fingerprint density at radius 2 is 1.78 bits per heavy atom. The minimum atomic E-state index is -0.146. The van der Waals surface area contributed by atoms with Crippen molar-refractivity contribution in [1.82, 2.24) is 10.3 Å². The number of hydrogen-bond acceptors (Lipinski definition) is 5. The normalized spacial score (nSPS) is 11.8. The zero-order valence-corrected chi connectivity index (χ0v) is 19.4. The van der Waals surface area contributed by atoms with Crippen molar-refractivity contribution in [3.63, 3.8) is 0 Å². The SMILES string of the molecule is Cc1ccc(C(=O)Nc2ccc3nc(SCC(=O)N[C@@H](C)c4ccccc4)sc3c2)cc1. The van der Waals surface area contributed by atoms with Gasteiger partial charge in [-0.3, -0.25) is 9.59 Å². The molecule has 7 heteroatoms. The summed E-state index contributed by atoms with van der Waals surface area (Å²) in [6.45, 7) is 3.96. The maximum atomic E-state index is 12.5. The van der Waals surface area contributed by atoms with Crippen molar-refractivity contribution in [3.05, 3.63) is 89.5 Å². The van der Waals surface area contributed by atoms with Gasteiger partial charge in [0, 0.05) is 11.3 Å². The van der Waals surface area contributed by atoms with Crippen LogP contribution in [0.15, 0.2) is 77.1 Å². The number of anilines is 1. The van der Waals surface area contributed by atoms with Crippen molar-refractivity contribution in [2.45, 2.75) is 24.2 Å². The lowest BCUT2D eigenvalue weighted by atomic mass is 10.1. The van der Waals surface area contributed by atoms with E-state index >= 15 is 0 Å². The lowest BCUT2D eigenvalue weighted by Gasteiger charge is -2.13. The van der Waals surface area contributed by atoms with Crippen LogP contribution in [-0.2, 0) is 4.79 Å². The molecule has 0 saturated carbocycles. The smallest absolute Gasteiger partial charge is 0.255 e. The number of thioether (sulfide) groups is 1. The first kappa shape index (κ1) is 22.0. The Bertz CT molecular complexity index is 1240. The first-order chi connectivity index (χ1) is 15.5. The molecule has 0 spiro atoms. The van der Waals surface area contributed by atoms with E-state index in [0.29, 0.717) is 11.3 Å². The average Bonchev–Trinajstić information content (AvgIpc) is 3.21. The molecule has 2 N–H and O–H groups in total. The summed E-state index contributed by atoms with van der Waals surface area (Å²) in [5.41, 5.74) is 4.38. The Morgan fingerprint density at radius 3 is 2.53 bits per heavy atom. The molecule has 1 aromatic heterocycles. The highest BCUT2D eigenvalue weighted by atomic mass is 32.2. The number of nitrogens with zero attached hydrogens (tertiary/aromatic N) is 1. The van der Waals surface area contributed by atoms with Gasteiger partial charge < -0.3 is 10.6 Å². The molecular weight excluding hydrogens is 438 g/mol. The minimum Gasteiger partial charge on any atom is -0.349 e. The molecule has 0 aliphatic heterocycles. The van der Waals surface area contributed by atoms with E-state index in [1.807, 2.05) is 86.6 Å². The van der Waals surface area contributed by atoms with Crippen LogP contribution in [0.25, 0.3) is 10.2 Å². The quantitative estimate of drug-likeness (QED) is 0.340. The number of aryl methyl sites for hydroxylation is 1. The third-order valence-corrected chi connectivity index (χ3v) is 7.11. The first-order valence-corrected chi connectivity index (χ1v) is 12.0. The van der Waals surface area contributed by atoms with Crippen LogP contribution < -0.4 is 10.6 Å². The number of benzene rings is 3. The van der Waals surface area contributed by atoms with E-state index in [-0.39, 0.29) is 17.9 Å². The van der Waals surface area contributed by atoms with Crippen LogP contribution in [0.5, 0.6) is 0 Å². The van der Waals surface area contributed by atoms with E-state index in [0.717, 1.165) is 31.4 Å². The van der Waals surface area contributed by atoms with Crippen LogP contribution in [-0.4, -0.2) is 22.6 Å². The predicted molar refractivity (Wildman–Crippen MR) is 132 cm³/mol. The van der Waals surface area contributed by atoms with Crippen molar-refractivity contribution in [2.24, 2.45) is 0 Å². The molecule has 0 aliphatic rings. The fourth-order valence-electron chi connectivity index (χ4n) is 3.19. The molecule has 3 aromatic carbocycles. The van der Waals surface area contributed by atoms with Gasteiger partial charge >= 0.3 is 0 Å². The van der Waals surface area contributed by atoms with Crippen molar-refractivity contribution in [2.75, 3.05) is 11.1 Å². The topological polar surface area (TPSA) is 71.1 Å². The Balaban J connectivity index is 1.36. The molecule has 0 saturated heterocycles. The van der Waals surface area contributed by atoms with E-state index in [4.69, 9.17) is 0 Å². The Kier molecular flexibility index (Phi) is 6.87. The largest absolute Gasteiger partial charge is 0.349 e. The van der Waals surface area contributed by atoms with E-state index in [1.54, 1.807) is 0 Å². The molecule has 162 valence electrons. The molecule has 0 unspecified atom stereocenters. The van der Waals surface area contributed by atoms with Gasteiger partial charge in [0.1, 0.15) is 0 Å². The van der Waals surface area contributed by atoms with Gasteiger partial charge in [0.25, 0.3) is 5.91 Å². The highest BCUT2D eigenvalue weighted by Crippen LogP contribution is 2.31. The third-order valence-electron chi connectivity index (χ3n) is 4.94. The molecule has 1 heterocycles. The highest BCUT2D eigenvalue weighted by Gasteiger charge is 2.12. The Hall–Kier alpha value is -3.16. The van der Waals surface area contributed by atoms with Gasteiger partial charge in [-0.15, -0.1) is 11.3 Å². The molecule has 4 aromatic rings. The Morgan fingerprint density at radius 1 is 1.03 bits per heavy atom. The van der Waals surface area contributed by atoms with E-state index in [9.17, 15) is 9.59 Å². The molecule has 2 amide bonds. The second-order valence-corrected chi connectivity index (χ2v) is 9.72. The molecule has 4 rings (SSSR count). The van der Waals surface area contributed by atoms with Gasteiger partial charge in [0.2, 0.25) is 5.91 Å². The second kappa shape index (κ2) is 9.97. The van der Waals surface area contributed by atoms with Crippen molar-refractivity contribution in [1.29, 1.82) is 0 Å². The fourth-order valence-corrected chi connectivity index (χ4v) is 5.11. The number of rotatable bonds is 7. The molecule has 0 aliphatic carbocycles. The molecule has 0 fully saturated rings. The summed E-state index contributed by atoms with van der Waals surface area (Å²) in [6.07, 6.45) is 0. The van der Waals surface area contributed by atoms with Crippen LogP contribution >= 0.6 is 23.1 Å². The number of thiazole rings is 1. The summed E-state index contributed by atoms with van der Waals surface area (Å²) in [4.78, 5) is 29.4. The molecular formula is C25H23N3O2S2. The Labute approximate surface area is 195 Å². The summed E-state index contributed by atoms with van der Waals surface area (Å²) in [5, 5.41) is 5.95. The molecule has 32 heavy (non-hydrogen) atoms. The highest BCUT2D eigenvalue weighted by molar-refractivity contribution is 8.01. The van der Waals surface area contributed by atoms with E-state index in [2.05, 4.69) is 15.6 Å². The number of nitrogens with one attached hydrogen (secondary N) is 2. The van der Waals surface area contributed by atoms with Gasteiger partial charge in [-0.25, -0.2) is 4.98 Å². The van der Waals surface area contributed by atoms with Gasteiger partial charge in [-0.2, -0.15) is 0 Å². The van der Waals surface area contributed by atoms with Crippen LogP contribution in [0.4, 0.5) is 5.69 Å². The lowest BCUT2D eigenvalue weighted by Crippen LogP contribution is -2.28. The number of fused-ring (bicyclic) bond motifs is 1. The number of amides is 2. The maximum Gasteiger partial charge on any atom is 0.255 e. The van der Waals surface area contributed by atoms with Crippen LogP contribution in [0.2, 0.25) is 0 Å². The molecule has 5 nitrogen and oxygen atoms in total. The van der Waals surface area contributed by atoms with Crippen LogP contribution in [0.1, 0.15) is 34.5 Å². The van der Waals surface area contributed by atoms with Gasteiger partial charge in [-0.05, 0) is 49.7 Å². The monoisotopic (exact) mass is 461 g/mol. The fraction of sp³-hybridized carbons (Fsp3) is 0.160. The van der Waals surface area contributed by atoms with Crippen molar-refractivity contribution < 1.29 is 9.59 Å². The maximum absolute atomic E-state index is 12.5. The van der Waals surface area contributed by atoms with Crippen LogP contribution in [0, 0.1) is 6.92 Å². The van der Waals surface area contributed by atoms with E-state index < -0.39 is 0 Å². The minimum absolute atomic E-state index is 0.0309. The predicted octanol–water partition coefficient (Wildman–Crippen LogP) is 5.83. The summed E-state index contributed by atoms with van der Waals surface area (Å²) >= 11 is 2.93. The molecule has 1 atom stereocenters. The average molecular weight is 462 g/mol. The van der Waals surface area contributed by atoms with Gasteiger partial charge in [-0.1, -0.05) is 59.8 Å². The number of carbonyl (C=O) groups is 2.